The number of nitrogens with one attached hydrogen (secondary N) is 1. The number of nitrogens with zero attached hydrogens (tertiary/aromatic N) is 4. The van der Waals surface area contributed by atoms with Crippen LogP contribution in [0.25, 0.3) is 22.2 Å². The molecule has 1 saturated heterocycles. The fraction of sp³-hybridized carbons (Fsp3) is 0.308. The van der Waals surface area contributed by atoms with Gasteiger partial charge in [0.15, 0.2) is 17.5 Å². The molecule has 0 radical (unpaired) electrons. The molecule has 212 valence electrons. The van der Waals surface area contributed by atoms with E-state index in [2.05, 4.69) is 15.0 Å². The minimum absolute atomic E-state index is 0.0117. The van der Waals surface area contributed by atoms with Crippen LogP contribution in [0.5, 0.6) is 0 Å². The lowest BCUT2D eigenvalue weighted by atomic mass is 10.0. The fourth-order valence-corrected chi connectivity index (χ4v) is 5.06. The Balaban J connectivity index is 1.48. The summed E-state index contributed by atoms with van der Waals surface area (Å²) in [6.07, 6.45) is -4.47. The number of hydrogen-bond acceptors (Lipinski definition) is 6. The molecule has 3 heterocycles. The Morgan fingerprint density at radius 2 is 1.80 bits per heavy atom. The molecule has 14 heteroatoms. The van der Waals surface area contributed by atoms with E-state index in [1.807, 2.05) is 16.7 Å². The van der Waals surface area contributed by atoms with Gasteiger partial charge in [0.05, 0.1) is 28.2 Å². The average Bonchev–Trinajstić information content (AvgIpc) is 3.33. The van der Waals surface area contributed by atoms with Crippen molar-refractivity contribution >= 4 is 34.4 Å². The highest BCUT2D eigenvalue weighted by molar-refractivity contribution is 6.33. The van der Waals surface area contributed by atoms with Gasteiger partial charge in [-0.3, -0.25) is 0 Å². The van der Waals surface area contributed by atoms with Crippen LogP contribution in [-0.2, 0) is 6.18 Å². The van der Waals surface area contributed by atoms with E-state index in [1.165, 1.54) is 12.3 Å². The quantitative estimate of drug-likeness (QED) is 0.213. The summed E-state index contributed by atoms with van der Waals surface area (Å²) in [4.78, 5) is 15.4. The maximum Gasteiger partial charge on any atom is 0.416 e. The number of anilines is 2. The lowest BCUT2D eigenvalue weighted by Crippen LogP contribution is -2.52. The number of aromatic amines is 1. The molecule has 0 aliphatic carbocycles. The Hall–Kier alpha value is -3.55. The molecule has 1 aliphatic heterocycles. The normalized spacial score (nSPS) is 17.1. The molecule has 7 nitrogen and oxygen atoms in total. The first-order valence-corrected chi connectivity index (χ1v) is 12.5. The van der Waals surface area contributed by atoms with Crippen molar-refractivity contribution in [3.05, 3.63) is 70.1 Å². The number of piperazine rings is 1. The Kier molecular flexibility index (Phi) is 7.31. The molecule has 0 saturated carbocycles. The summed E-state index contributed by atoms with van der Waals surface area (Å²) in [6.45, 7) is 2.55. The maximum atomic E-state index is 14.0. The molecule has 40 heavy (non-hydrogen) atoms. The molecule has 0 amide bonds. The van der Waals surface area contributed by atoms with E-state index in [4.69, 9.17) is 16.7 Å². The van der Waals surface area contributed by atoms with Crippen LogP contribution in [0.3, 0.4) is 0 Å². The van der Waals surface area contributed by atoms with Crippen molar-refractivity contribution in [1.29, 1.82) is 0 Å². The number of aromatic nitrogens is 3. The summed E-state index contributed by atoms with van der Waals surface area (Å²) >= 11 is 6.38. The van der Waals surface area contributed by atoms with Gasteiger partial charge in [0.2, 0.25) is 5.95 Å². The molecular formula is C26H22ClF6N5O2. The maximum absolute atomic E-state index is 14.0. The molecule has 1 unspecified atom stereocenters. The molecule has 0 spiro atoms. The average molecular weight is 586 g/mol. The summed E-state index contributed by atoms with van der Waals surface area (Å²) in [5.74, 6) is -4.09. The van der Waals surface area contributed by atoms with Crippen molar-refractivity contribution in [3.63, 3.8) is 0 Å². The minimum atomic E-state index is -4.76. The molecule has 2 aromatic heterocycles. The number of H-pyrrole nitrogens is 1. The number of aliphatic hydroxyl groups excluding tert-OH is 2. The van der Waals surface area contributed by atoms with E-state index in [9.17, 15) is 31.4 Å². The van der Waals surface area contributed by atoms with E-state index in [-0.39, 0.29) is 39.2 Å². The van der Waals surface area contributed by atoms with Crippen LogP contribution in [0, 0.1) is 17.5 Å². The Bertz CT molecular complexity index is 1560. The molecule has 1 aliphatic rings. The zero-order valence-electron chi connectivity index (χ0n) is 20.8. The molecule has 4 aromatic rings. The molecule has 5 rings (SSSR count). The second-order valence-corrected chi connectivity index (χ2v) is 9.90. The number of rotatable bonds is 5. The topological polar surface area (TPSA) is 88.5 Å². The van der Waals surface area contributed by atoms with Crippen LogP contribution in [0.4, 0.5) is 38.1 Å². The van der Waals surface area contributed by atoms with Gasteiger partial charge < -0.3 is 25.0 Å². The smallest absolute Gasteiger partial charge is 0.393 e. The third-order valence-corrected chi connectivity index (χ3v) is 7.07. The summed E-state index contributed by atoms with van der Waals surface area (Å²) in [5.41, 5.74) is -1.19. The van der Waals surface area contributed by atoms with Gasteiger partial charge in [0.25, 0.3) is 0 Å². The van der Waals surface area contributed by atoms with Crippen LogP contribution in [-0.4, -0.2) is 57.4 Å². The SMILES string of the molecule is C[C@@H]1CN(c2ncc(C(O)CO)cc2Cl)CCN1c1nc2c(-c3cc(F)c(F)c(F)c3)cc(C(F)(F)F)cc2[nH]1. The monoisotopic (exact) mass is 585 g/mol. The van der Waals surface area contributed by atoms with Gasteiger partial charge >= 0.3 is 6.18 Å². The van der Waals surface area contributed by atoms with Crippen molar-refractivity contribution < 1.29 is 36.6 Å². The largest absolute Gasteiger partial charge is 0.416 e. The highest BCUT2D eigenvalue weighted by Crippen LogP contribution is 2.38. The second-order valence-electron chi connectivity index (χ2n) is 9.49. The van der Waals surface area contributed by atoms with Gasteiger partial charge in [0, 0.05) is 43.0 Å². The number of hydrogen-bond donors (Lipinski definition) is 3. The Morgan fingerprint density at radius 3 is 2.40 bits per heavy atom. The lowest BCUT2D eigenvalue weighted by Gasteiger charge is -2.40. The number of aliphatic hydroxyl groups is 2. The van der Waals surface area contributed by atoms with Crippen LogP contribution >= 0.6 is 11.6 Å². The predicted octanol–water partition coefficient (Wildman–Crippen LogP) is 5.46. The highest BCUT2D eigenvalue weighted by Gasteiger charge is 2.33. The van der Waals surface area contributed by atoms with Gasteiger partial charge in [-0.2, -0.15) is 13.2 Å². The molecule has 0 bridgehead atoms. The van der Waals surface area contributed by atoms with Crippen LogP contribution in [0.2, 0.25) is 5.02 Å². The Labute approximate surface area is 228 Å². The number of pyridine rings is 1. The van der Waals surface area contributed by atoms with E-state index in [1.54, 1.807) is 0 Å². The van der Waals surface area contributed by atoms with Gasteiger partial charge in [-0.25, -0.2) is 23.1 Å². The lowest BCUT2D eigenvalue weighted by molar-refractivity contribution is -0.137. The van der Waals surface area contributed by atoms with Gasteiger partial charge in [-0.1, -0.05) is 11.6 Å². The van der Waals surface area contributed by atoms with Gasteiger partial charge in [-0.05, 0) is 42.8 Å². The molecular weight excluding hydrogens is 564 g/mol. The summed E-state index contributed by atoms with van der Waals surface area (Å²) < 4.78 is 82.6. The number of benzene rings is 2. The van der Waals surface area contributed by atoms with Gasteiger partial charge in [0.1, 0.15) is 11.9 Å². The van der Waals surface area contributed by atoms with Crippen LogP contribution in [0.1, 0.15) is 24.2 Å². The number of halogens is 7. The van der Waals surface area contributed by atoms with E-state index in [0.717, 1.165) is 12.1 Å². The number of imidazole rings is 1. The van der Waals surface area contributed by atoms with Crippen molar-refractivity contribution in [2.45, 2.75) is 25.2 Å². The highest BCUT2D eigenvalue weighted by atomic mass is 35.5. The molecule has 2 atom stereocenters. The first-order chi connectivity index (χ1) is 18.9. The number of alkyl halides is 3. The summed E-state index contributed by atoms with van der Waals surface area (Å²) in [6, 6.07) is 4.13. The Morgan fingerprint density at radius 1 is 1.10 bits per heavy atom. The summed E-state index contributed by atoms with van der Waals surface area (Å²) in [5, 5.41) is 19.2. The zero-order valence-corrected chi connectivity index (χ0v) is 21.5. The van der Waals surface area contributed by atoms with E-state index >= 15 is 0 Å². The molecule has 1 fully saturated rings. The van der Waals surface area contributed by atoms with Crippen LogP contribution < -0.4 is 9.80 Å². The van der Waals surface area contributed by atoms with Gasteiger partial charge in [-0.15, -0.1) is 0 Å². The number of fused-ring (bicyclic) bond motifs is 1. The van der Waals surface area contributed by atoms with Crippen molar-refractivity contribution in [2.24, 2.45) is 0 Å². The zero-order chi connectivity index (χ0) is 28.9. The first kappa shape index (κ1) is 28.0. The molecule has 3 N–H and O–H groups in total. The first-order valence-electron chi connectivity index (χ1n) is 12.1. The predicted molar refractivity (Wildman–Crippen MR) is 137 cm³/mol. The van der Waals surface area contributed by atoms with Crippen molar-refractivity contribution in [2.75, 3.05) is 36.0 Å². The third kappa shape index (κ3) is 5.16. The third-order valence-electron chi connectivity index (χ3n) is 6.80. The molecule has 2 aromatic carbocycles. The second kappa shape index (κ2) is 10.5. The van der Waals surface area contributed by atoms with E-state index in [0.29, 0.717) is 43.1 Å². The van der Waals surface area contributed by atoms with Crippen molar-refractivity contribution in [1.82, 2.24) is 15.0 Å². The van der Waals surface area contributed by atoms with E-state index < -0.39 is 41.9 Å². The standard InChI is InChI=1S/C26H22ClF6N5O2/c1-12-10-37(24-17(27)4-14(9-34-24)21(40)11-39)2-3-38(12)25-35-20-8-15(26(31,32)33)7-16(23(20)36-25)13-5-18(28)22(30)19(29)6-13/h4-9,12,21,39-40H,2-3,10-11H2,1H3,(H,35,36)/t12-,21?/m1/s1. The minimum Gasteiger partial charge on any atom is -0.393 e. The van der Waals surface area contributed by atoms with Crippen molar-refractivity contribution in [3.8, 4) is 11.1 Å². The summed E-state index contributed by atoms with van der Waals surface area (Å²) in [7, 11) is 0. The van der Waals surface area contributed by atoms with Crippen LogP contribution in [0.15, 0.2) is 36.5 Å². The fourth-order valence-electron chi connectivity index (χ4n) is 4.77.